The van der Waals surface area contributed by atoms with Gasteiger partial charge < -0.3 is 9.88 Å². The van der Waals surface area contributed by atoms with Gasteiger partial charge in [0.1, 0.15) is 0 Å². The second-order valence-corrected chi connectivity index (χ2v) is 9.26. The van der Waals surface area contributed by atoms with Crippen LogP contribution in [-0.4, -0.2) is 44.9 Å². The van der Waals surface area contributed by atoms with E-state index < -0.39 is 0 Å². The Balaban J connectivity index is 2.19. The van der Waals surface area contributed by atoms with E-state index in [1.165, 1.54) is 11.8 Å². The van der Waals surface area contributed by atoms with Gasteiger partial charge >= 0.3 is 0 Å². The molecule has 1 aromatic carbocycles. The summed E-state index contributed by atoms with van der Waals surface area (Å²) < 4.78 is 2.15. The van der Waals surface area contributed by atoms with E-state index in [9.17, 15) is 4.79 Å². The van der Waals surface area contributed by atoms with Gasteiger partial charge in [0.25, 0.3) is 0 Å². The lowest BCUT2D eigenvalue weighted by molar-refractivity contribution is -0.115. The zero-order valence-corrected chi connectivity index (χ0v) is 19.9. The third-order valence-corrected chi connectivity index (χ3v) is 6.27. The predicted molar refractivity (Wildman–Crippen MR) is 122 cm³/mol. The van der Waals surface area contributed by atoms with Crippen LogP contribution in [0.15, 0.2) is 23.4 Å². The fourth-order valence-electron chi connectivity index (χ4n) is 2.98. The molecule has 160 valence electrons. The Morgan fingerprint density at radius 2 is 2.00 bits per heavy atom. The predicted octanol–water partition coefficient (Wildman–Crippen LogP) is 5.52. The second kappa shape index (κ2) is 11.2. The van der Waals surface area contributed by atoms with E-state index in [2.05, 4.69) is 38.8 Å². The van der Waals surface area contributed by atoms with Gasteiger partial charge in [0, 0.05) is 11.6 Å². The molecule has 2 aromatic rings. The van der Waals surface area contributed by atoms with Gasteiger partial charge in [-0.05, 0) is 52.1 Å². The molecule has 2 atom stereocenters. The topological polar surface area (TPSA) is 63.1 Å². The van der Waals surface area contributed by atoms with Crippen LogP contribution in [0, 0.1) is 0 Å². The third kappa shape index (κ3) is 6.35. The number of rotatable bonds is 10. The Labute approximate surface area is 187 Å². The molecule has 0 saturated carbocycles. The van der Waals surface area contributed by atoms with Crippen molar-refractivity contribution in [2.45, 2.75) is 63.0 Å². The molecule has 0 aliphatic rings. The molecule has 6 nitrogen and oxygen atoms in total. The van der Waals surface area contributed by atoms with Crippen LogP contribution in [0.25, 0.3) is 0 Å². The first-order valence-corrected chi connectivity index (χ1v) is 11.4. The maximum Gasteiger partial charge on any atom is 0.237 e. The number of unbranched alkanes of at least 4 members (excludes halogenated alkanes) is 1. The fourth-order valence-corrected chi connectivity index (χ4v) is 4.20. The summed E-state index contributed by atoms with van der Waals surface area (Å²) in [5, 5.41) is 13.1. The summed E-state index contributed by atoms with van der Waals surface area (Å²) in [5.41, 5.74) is 0.503. The number of halogens is 2. The second-order valence-electron chi connectivity index (χ2n) is 7.11. The van der Waals surface area contributed by atoms with Gasteiger partial charge in [0.05, 0.1) is 22.0 Å². The summed E-state index contributed by atoms with van der Waals surface area (Å²) in [4.78, 5) is 14.9. The zero-order valence-electron chi connectivity index (χ0n) is 17.6. The number of hydrogen-bond donors (Lipinski definition) is 1. The van der Waals surface area contributed by atoms with Crippen LogP contribution in [0.5, 0.6) is 0 Å². The lowest BCUT2D eigenvalue weighted by atomic mass is 10.2. The van der Waals surface area contributed by atoms with Crippen molar-refractivity contribution in [3.63, 3.8) is 0 Å². The number of carbonyl (C=O) groups is 1. The highest BCUT2D eigenvalue weighted by Gasteiger charge is 2.25. The van der Waals surface area contributed by atoms with Crippen molar-refractivity contribution in [3.8, 4) is 0 Å². The van der Waals surface area contributed by atoms with E-state index >= 15 is 0 Å². The van der Waals surface area contributed by atoms with Crippen molar-refractivity contribution in [3.05, 3.63) is 34.1 Å². The minimum atomic E-state index is -0.373. The largest absolute Gasteiger partial charge is 0.324 e. The van der Waals surface area contributed by atoms with Crippen LogP contribution in [0.4, 0.5) is 5.69 Å². The molecule has 2 unspecified atom stereocenters. The van der Waals surface area contributed by atoms with E-state index in [1.54, 1.807) is 18.2 Å². The molecule has 1 N–H and O–H groups in total. The normalized spacial score (nSPS) is 13.5. The number of nitrogens with zero attached hydrogens (tertiary/aromatic N) is 4. The van der Waals surface area contributed by atoms with E-state index in [1.807, 2.05) is 21.0 Å². The average molecular weight is 458 g/mol. The summed E-state index contributed by atoms with van der Waals surface area (Å²) in [6, 6.07) is 5.17. The van der Waals surface area contributed by atoms with E-state index in [4.69, 9.17) is 23.2 Å². The van der Waals surface area contributed by atoms with Crippen LogP contribution in [0.3, 0.4) is 0 Å². The summed E-state index contributed by atoms with van der Waals surface area (Å²) in [6.07, 6.45) is 3.04. The molecule has 2 rings (SSSR count). The molecule has 0 aliphatic heterocycles. The first kappa shape index (κ1) is 24.0. The molecule has 0 saturated heterocycles. The first-order valence-electron chi connectivity index (χ1n) is 9.80. The highest BCUT2D eigenvalue weighted by Crippen LogP contribution is 2.30. The van der Waals surface area contributed by atoms with Gasteiger partial charge in [0.15, 0.2) is 11.0 Å². The molecule has 0 aliphatic carbocycles. The average Bonchev–Trinajstić information content (AvgIpc) is 3.05. The molecule has 0 fully saturated rings. The summed E-state index contributed by atoms with van der Waals surface area (Å²) in [7, 11) is 4.09. The van der Waals surface area contributed by atoms with Crippen molar-refractivity contribution in [2.24, 2.45) is 0 Å². The summed E-state index contributed by atoms with van der Waals surface area (Å²) in [6.45, 7) is 6.98. The van der Waals surface area contributed by atoms with Gasteiger partial charge in [-0.3, -0.25) is 9.69 Å². The van der Waals surface area contributed by atoms with E-state index in [-0.39, 0.29) is 17.2 Å². The molecule has 0 bridgehead atoms. The highest BCUT2D eigenvalue weighted by atomic mass is 35.5. The molecule has 1 amide bonds. The van der Waals surface area contributed by atoms with Crippen LogP contribution in [0.1, 0.15) is 51.9 Å². The number of benzene rings is 1. The molecular formula is C20H29Cl2N5OS. The fraction of sp³-hybridized carbons (Fsp3) is 0.550. The molecule has 9 heteroatoms. The Morgan fingerprint density at radius 1 is 1.28 bits per heavy atom. The third-order valence-electron chi connectivity index (χ3n) is 4.63. The zero-order chi connectivity index (χ0) is 21.6. The number of thioether (sulfide) groups is 1. The number of nitrogens with one attached hydrogen (secondary N) is 1. The minimum Gasteiger partial charge on any atom is -0.324 e. The number of hydrogen-bond acceptors (Lipinski definition) is 5. The number of aromatic nitrogens is 3. The molecule has 0 radical (unpaired) electrons. The first-order chi connectivity index (χ1) is 13.8. The maximum atomic E-state index is 12.7. The molecule has 1 aromatic heterocycles. The number of amides is 1. The van der Waals surface area contributed by atoms with Crippen LogP contribution in [0.2, 0.25) is 10.0 Å². The smallest absolute Gasteiger partial charge is 0.237 e. The van der Waals surface area contributed by atoms with Gasteiger partial charge in [-0.1, -0.05) is 55.2 Å². The molecular weight excluding hydrogens is 429 g/mol. The van der Waals surface area contributed by atoms with Gasteiger partial charge in [0.2, 0.25) is 5.91 Å². The van der Waals surface area contributed by atoms with Crippen molar-refractivity contribution >= 4 is 46.6 Å². The number of carbonyl (C=O) groups excluding carboxylic acids is 1. The van der Waals surface area contributed by atoms with Gasteiger partial charge in [-0.2, -0.15) is 0 Å². The Hall–Kier alpha value is -1.28. The minimum absolute atomic E-state index is 0.162. The van der Waals surface area contributed by atoms with Gasteiger partial charge in [-0.25, -0.2) is 0 Å². The van der Waals surface area contributed by atoms with Gasteiger partial charge in [-0.15, -0.1) is 10.2 Å². The Bertz CT molecular complexity index is 827. The van der Waals surface area contributed by atoms with Crippen molar-refractivity contribution in [2.75, 3.05) is 19.4 Å². The lowest BCUT2D eigenvalue weighted by Gasteiger charge is -2.23. The van der Waals surface area contributed by atoms with Crippen molar-refractivity contribution in [1.29, 1.82) is 0 Å². The lowest BCUT2D eigenvalue weighted by Crippen LogP contribution is -2.24. The van der Waals surface area contributed by atoms with E-state index in [0.29, 0.717) is 15.7 Å². The van der Waals surface area contributed by atoms with Crippen molar-refractivity contribution < 1.29 is 4.79 Å². The van der Waals surface area contributed by atoms with Crippen LogP contribution < -0.4 is 5.32 Å². The summed E-state index contributed by atoms with van der Waals surface area (Å²) >= 11 is 13.6. The molecule has 0 spiro atoms. The quantitative estimate of drug-likeness (QED) is 0.475. The SMILES string of the molecule is CCCCn1c(SC(C)C(=O)Nc2cc(Cl)ccc2Cl)nnc1C(CC)N(C)C. The number of anilines is 1. The molecule has 29 heavy (non-hydrogen) atoms. The Kier molecular flexibility index (Phi) is 9.27. The summed E-state index contributed by atoms with van der Waals surface area (Å²) in [5.74, 6) is 0.782. The van der Waals surface area contributed by atoms with Crippen LogP contribution >= 0.6 is 35.0 Å². The van der Waals surface area contributed by atoms with Crippen LogP contribution in [-0.2, 0) is 11.3 Å². The monoisotopic (exact) mass is 457 g/mol. The highest BCUT2D eigenvalue weighted by molar-refractivity contribution is 8.00. The maximum absolute atomic E-state index is 12.7. The molecule has 1 heterocycles. The Morgan fingerprint density at radius 3 is 2.62 bits per heavy atom. The van der Waals surface area contributed by atoms with Crippen molar-refractivity contribution in [1.82, 2.24) is 19.7 Å². The standard InChI is InChI=1S/C20H29Cl2N5OS/c1-6-8-11-27-18(17(7-2)26(4)5)24-25-20(27)29-13(3)19(28)23-16-12-14(21)9-10-15(16)22/h9-10,12-13,17H,6-8,11H2,1-5H3,(H,23,28). The van der Waals surface area contributed by atoms with E-state index in [0.717, 1.165) is 36.8 Å².